The van der Waals surface area contributed by atoms with Gasteiger partial charge in [0.2, 0.25) is 0 Å². The number of nitrogens with two attached hydrogens (primary N) is 1. The van der Waals surface area contributed by atoms with Gasteiger partial charge >= 0.3 is 0 Å². The van der Waals surface area contributed by atoms with E-state index >= 15 is 0 Å². The van der Waals surface area contributed by atoms with Gasteiger partial charge in [-0.2, -0.15) is 0 Å². The van der Waals surface area contributed by atoms with E-state index < -0.39 is 0 Å². The maximum atomic E-state index is 5.61. The number of hydrogen-bond donors (Lipinski definition) is 1. The van der Waals surface area contributed by atoms with Crippen LogP contribution in [0.3, 0.4) is 0 Å². The van der Waals surface area contributed by atoms with Crippen molar-refractivity contribution in [3.63, 3.8) is 0 Å². The number of methoxy groups -OCH3 is 2. The molecule has 0 heterocycles. The molecule has 15 heavy (non-hydrogen) atoms. The summed E-state index contributed by atoms with van der Waals surface area (Å²) < 4.78 is 15.8. The molecule has 4 heteroatoms. The minimum absolute atomic E-state index is 0.410. The largest absolute Gasteiger partial charge is 0.496 e. The fraction of sp³-hybridized carbons (Fsp3) is 0.455. The standard InChI is InChI=1S/C11H17NO3/c1-4-15-11-5-8(7-12)9(13-2)6-10(11)14-3/h5-6H,4,7,12H2,1-3H3. The van der Waals surface area contributed by atoms with Crippen molar-refractivity contribution in [2.24, 2.45) is 5.73 Å². The molecule has 0 saturated carbocycles. The van der Waals surface area contributed by atoms with Crippen LogP contribution in [0.15, 0.2) is 12.1 Å². The minimum Gasteiger partial charge on any atom is -0.496 e. The first-order valence-corrected chi connectivity index (χ1v) is 4.84. The third-order valence-corrected chi connectivity index (χ3v) is 2.09. The van der Waals surface area contributed by atoms with Crippen molar-refractivity contribution >= 4 is 0 Å². The third-order valence-electron chi connectivity index (χ3n) is 2.09. The maximum absolute atomic E-state index is 5.61. The van der Waals surface area contributed by atoms with Gasteiger partial charge in [-0.25, -0.2) is 0 Å². The molecular weight excluding hydrogens is 194 g/mol. The summed E-state index contributed by atoms with van der Waals surface area (Å²) in [4.78, 5) is 0. The van der Waals surface area contributed by atoms with Crippen LogP contribution in [-0.4, -0.2) is 20.8 Å². The smallest absolute Gasteiger partial charge is 0.164 e. The molecule has 0 fully saturated rings. The highest BCUT2D eigenvalue weighted by Gasteiger charge is 2.10. The molecule has 0 radical (unpaired) electrons. The highest BCUT2D eigenvalue weighted by atomic mass is 16.5. The Hall–Kier alpha value is -1.42. The van der Waals surface area contributed by atoms with Gasteiger partial charge in [0, 0.05) is 18.2 Å². The molecule has 2 N–H and O–H groups in total. The van der Waals surface area contributed by atoms with Crippen LogP contribution in [0.4, 0.5) is 0 Å². The van der Waals surface area contributed by atoms with Crippen molar-refractivity contribution < 1.29 is 14.2 Å². The second kappa shape index (κ2) is 5.46. The molecule has 1 rings (SSSR count). The molecule has 84 valence electrons. The van der Waals surface area contributed by atoms with Crippen LogP contribution in [0.5, 0.6) is 17.2 Å². The van der Waals surface area contributed by atoms with Crippen molar-refractivity contribution in [2.45, 2.75) is 13.5 Å². The number of benzene rings is 1. The van der Waals surface area contributed by atoms with Gasteiger partial charge in [-0.3, -0.25) is 0 Å². The normalized spacial score (nSPS) is 9.87. The average molecular weight is 211 g/mol. The van der Waals surface area contributed by atoms with Crippen LogP contribution >= 0.6 is 0 Å². The lowest BCUT2D eigenvalue weighted by molar-refractivity contribution is 0.308. The van der Waals surface area contributed by atoms with Crippen LogP contribution in [0.2, 0.25) is 0 Å². The average Bonchev–Trinajstić information content (AvgIpc) is 2.28. The van der Waals surface area contributed by atoms with Gasteiger partial charge in [0.05, 0.1) is 20.8 Å². The first-order chi connectivity index (χ1) is 7.26. The Morgan fingerprint density at radius 1 is 1.07 bits per heavy atom. The third kappa shape index (κ3) is 2.53. The van der Waals surface area contributed by atoms with Gasteiger partial charge in [-0.1, -0.05) is 0 Å². The summed E-state index contributed by atoms with van der Waals surface area (Å²) in [6, 6.07) is 3.63. The molecule has 0 atom stereocenters. The van der Waals surface area contributed by atoms with Gasteiger partial charge in [-0.15, -0.1) is 0 Å². The molecule has 0 aliphatic rings. The fourth-order valence-corrected chi connectivity index (χ4v) is 1.36. The topological polar surface area (TPSA) is 53.7 Å². The Morgan fingerprint density at radius 3 is 2.20 bits per heavy atom. The van der Waals surface area contributed by atoms with Crippen molar-refractivity contribution in [1.29, 1.82) is 0 Å². The summed E-state index contributed by atoms with van der Waals surface area (Å²) in [6.07, 6.45) is 0. The van der Waals surface area contributed by atoms with Crippen LogP contribution in [0.1, 0.15) is 12.5 Å². The highest BCUT2D eigenvalue weighted by molar-refractivity contribution is 5.50. The first kappa shape index (κ1) is 11.7. The van der Waals surface area contributed by atoms with Crippen molar-refractivity contribution in [2.75, 3.05) is 20.8 Å². The summed E-state index contributed by atoms with van der Waals surface area (Å²) in [5.74, 6) is 2.07. The van der Waals surface area contributed by atoms with Crippen molar-refractivity contribution in [3.05, 3.63) is 17.7 Å². The molecule has 0 amide bonds. The zero-order chi connectivity index (χ0) is 11.3. The highest BCUT2D eigenvalue weighted by Crippen LogP contribution is 2.34. The van der Waals surface area contributed by atoms with E-state index in [0.717, 1.165) is 11.3 Å². The van der Waals surface area contributed by atoms with Gasteiger partial charge in [-0.05, 0) is 13.0 Å². The zero-order valence-electron chi connectivity index (χ0n) is 9.37. The Labute approximate surface area is 89.9 Å². The predicted molar refractivity (Wildman–Crippen MR) is 58.6 cm³/mol. The second-order valence-corrected chi connectivity index (χ2v) is 2.95. The van der Waals surface area contributed by atoms with E-state index in [1.807, 2.05) is 13.0 Å². The van der Waals surface area contributed by atoms with Gasteiger partial charge in [0.1, 0.15) is 5.75 Å². The SMILES string of the molecule is CCOc1cc(CN)c(OC)cc1OC. The maximum Gasteiger partial charge on any atom is 0.164 e. The molecule has 1 aromatic rings. The Kier molecular flexibility index (Phi) is 4.24. The van der Waals surface area contributed by atoms with E-state index in [1.165, 1.54) is 0 Å². The lowest BCUT2D eigenvalue weighted by Crippen LogP contribution is -2.03. The van der Waals surface area contributed by atoms with Crippen LogP contribution in [0, 0.1) is 0 Å². The predicted octanol–water partition coefficient (Wildman–Crippen LogP) is 1.56. The van der Waals surface area contributed by atoms with Gasteiger partial charge in [0.15, 0.2) is 11.5 Å². The fourth-order valence-electron chi connectivity index (χ4n) is 1.36. The summed E-state index contributed by atoms with van der Waals surface area (Å²) >= 11 is 0. The molecule has 0 unspecified atom stereocenters. The van der Waals surface area contributed by atoms with E-state index in [9.17, 15) is 0 Å². The Balaban J connectivity index is 3.15. The summed E-state index contributed by atoms with van der Waals surface area (Å²) in [7, 11) is 3.20. The second-order valence-electron chi connectivity index (χ2n) is 2.95. The molecule has 0 saturated heterocycles. The first-order valence-electron chi connectivity index (χ1n) is 4.84. The van der Waals surface area contributed by atoms with E-state index in [0.29, 0.717) is 24.7 Å². The molecule has 0 aromatic heterocycles. The van der Waals surface area contributed by atoms with E-state index in [1.54, 1.807) is 20.3 Å². The molecular formula is C11H17NO3. The lowest BCUT2D eigenvalue weighted by Gasteiger charge is -2.13. The van der Waals surface area contributed by atoms with E-state index in [4.69, 9.17) is 19.9 Å². The molecule has 0 aliphatic carbocycles. The molecule has 0 aliphatic heterocycles. The summed E-state index contributed by atoms with van der Waals surface area (Å²) in [5, 5.41) is 0. The van der Waals surface area contributed by atoms with Gasteiger partial charge < -0.3 is 19.9 Å². The quantitative estimate of drug-likeness (QED) is 0.803. The molecule has 1 aromatic carbocycles. The van der Waals surface area contributed by atoms with E-state index in [2.05, 4.69) is 0 Å². The van der Waals surface area contributed by atoms with Gasteiger partial charge in [0.25, 0.3) is 0 Å². The lowest BCUT2D eigenvalue weighted by atomic mass is 10.1. The van der Waals surface area contributed by atoms with Crippen molar-refractivity contribution in [3.8, 4) is 17.2 Å². The monoisotopic (exact) mass is 211 g/mol. The Morgan fingerprint density at radius 2 is 1.73 bits per heavy atom. The molecule has 4 nitrogen and oxygen atoms in total. The van der Waals surface area contributed by atoms with Crippen LogP contribution < -0.4 is 19.9 Å². The minimum atomic E-state index is 0.410. The van der Waals surface area contributed by atoms with Crippen LogP contribution in [-0.2, 0) is 6.54 Å². The molecule has 0 spiro atoms. The number of ether oxygens (including phenoxy) is 3. The van der Waals surface area contributed by atoms with Crippen molar-refractivity contribution in [1.82, 2.24) is 0 Å². The summed E-state index contributed by atoms with van der Waals surface area (Å²) in [5.41, 5.74) is 6.51. The molecule has 0 bridgehead atoms. The Bertz CT molecular complexity index is 326. The summed E-state index contributed by atoms with van der Waals surface area (Å²) in [6.45, 7) is 2.92. The number of hydrogen-bond acceptors (Lipinski definition) is 4. The van der Waals surface area contributed by atoms with Crippen LogP contribution in [0.25, 0.3) is 0 Å². The zero-order valence-corrected chi connectivity index (χ0v) is 9.37. The number of rotatable bonds is 5. The van der Waals surface area contributed by atoms with E-state index in [-0.39, 0.29) is 0 Å².